The molecule has 84 valence electrons. The molecule has 0 radical (unpaired) electrons. The van der Waals surface area contributed by atoms with Gasteiger partial charge in [-0.05, 0) is 18.6 Å². The zero-order valence-electron chi connectivity index (χ0n) is 8.76. The van der Waals surface area contributed by atoms with Crippen molar-refractivity contribution in [1.82, 2.24) is 10.1 Å². The summed E-state index contributed by atoms with van der Waals surface area (Å²) in [5.41, 5.74) is 7.16. The number of aryl methyl sites for hydroxylation is 1. The lowest BCUT2D eigenvalue weighted by molar-refractivity contribution is 0.278. The molecule has 5 nitrogen and oxygen atoms in total. The summed E-state index contributed by atoms with van der Waals surface area (Å²) in [7, 11) is 0. The summed E-state index contributed by atoms with van der Waals surface area (Å²) in [6.07, 6.45) is 1.21. The Hall–Kier alpha value is -1.88. The Kier molecular flexibility index (Phi) is 3.16. The van der Waals surface area contributed by atoms with Crippen LogP contribution in [0.5, 0.6) is 0 Å². The van der Waals surface area contributed by atoms with E-state index in [9.17, 15) is 0 Å². The van der Waals surface area contributed by atoms with Gasteiger partial charge < -0.3 is 15.4 Å². The number of aliphatic hydroxyl groups is 1. The average Bonchev–Trinajstić information content (AvgIpc) is 2.75. The molecule has 1 heterocycles. The van der Waals surface area contributed by atoms with E-state index in [1.165, 1.54) is 0 Å². The van der Waals surface area contributed by atoms with Crippen LogP contribution in [0.15, 0.2) is 28.8 Å². The highest BCUT2D eigenvalue weighted by Gasteiger charge is 2.07. The molecule has 1 aromatic heterocycles. The number of nitrogen functional groups attached to an aromatic ring is 1. The van der Waals surface area contributed by atoms with Gasteiger partial charge >= 0.3 is 0 Å². The van der Waals surface area contributed by atoms with Crippen LogP contribution in [-0.2, 0) is 6.42 Å². The van der Waals surface area contributed by atoms with E-state index < -0.39 is 0 Å². The molecule has 3 N–H and O–H groups in total. The topological polar surface area (TPSA) is 85.2 Å². The minimum Gasteiger partial charge on any atom is -0.399 e. The Morgan fingerprint density at radius 2 is 2.25 bits per heavy atom. The van der Waals surface area contributed by atoms with Gasteiger partial charge in [0.25, 0.3) is 0 Å². The van der Waals surface area contributed by atoms with Crippen LogP contribution in [0.3, 0.4) is 0 Å². The molecular weight excluding hydrogens is 206 g/mol. The van der Waals surface area contributed by atoms with Crippen molar-refractivity contribution in [3.63, 3.8) is 0 Å². The number of hydrogen-bond acceptors (Lipinski definition) is 5. The maximum atomic E-state index is 8.68. The summed E-state index contributed by atoms with van der Waals surface area (Å²) in [4.78, 5) is 4.21. The van der Waals surface area contributed by atoms with Crippen molar-refractivity contribution in [3.8, 4) is 11.4 Å². The second kappa shape index (κ2) is 4.76. The number of rotatable bonds is 4. The summed E-state index contributed by atoms with van der Waals surface area (Å²) in [6.45, 7) is 0.121. The van der Waals surface area contributed by atoms with Crippen LogP contribution >= 0.6 is 0 Å². The quantitative estimate of drug-likeness (QED) is 0.756. The van der Waals surface area contributed by atoms with Gasteiger partial charge in [-0.15, -0.1) is 0 Å². The highest BCUT2D eigenvalue weighted by atomic mass is 16.5. The highest BCUT2D eigenvalue weighted by Crippen LogP contribution is 2.18. The van der Waals surface area contributed by atoms with Gasteiger partial charge in [0.05, 0.1) is 0 Å². The molecule has 16 heavy (non-hydrogen) atoms. The Labute approximate surface area is 92.9 Å². The minimum atomic E-state index is 0.121. The maximum Gasteiger partial charge on any atom is 0.227 e. The van der Waals surface area contributed by atoms with Crippen molar-refractivity contribution < 1.29 is 9.63 Å². The predicted octanol–water partition coefficient (Wildman–Crippen LogP) is 1.24. The largest absolute Gasteiger partial charge is 0.399 e. The van der Waals surface area contributed by atoms with Gasteiger partial charge in [-0.3, -0.25) is 0 Å². The number of nitrogens with two attached hydrogens (primary N) is 1. The first-order chi connectivity index (χ1) is 7.79. The molecule has 0 aliphatic carbocycles. The van der Waals surface area contributed by atoms with Crippen molar-refractivity contribution in [3.05, 3.63) is 30.2 Å². The minimum absolute atomic E-state index is 0.121. The Bertz CT molecular complexity index is 468. The molecule has 0 atom stereocenters. The zero-order chi connectivity index (χ0) is 11.4. The SMILES string of the molecule is Nc1cccc(-c2noc(CCCO)n2)c1. The van der Waals surface area contributed by atoms with Gasteiger partial charge in [-0.25, -0.2) is 0 Å². The molecule has 2 aromatic rings. The third kappa shape index (κ3) is 2.38. The Morgan fingerprint density at radius 3 is 3.00 bits per heavy atom. The van der Waals surface area contributed by atoms with Gasteiger partial charge in [0, 0.05) is 24.3 Å². The number of benzene rings is 1. The molecule has 0 saturated carbocycles. The molecule has 1 aromatic carbocycles. The van der Waals surface area contributed by atoms with Crippen LogP contribution in [0.2, 0.25) is 0 Å². The average molecular weight is 219 g/mol. The summed E-state index contributed by atoms with van der Waals surface area (Å²) < 4.78 is 5.05. The first-order valence-corrected chi connectivity index (χ1v) is 5.09. The van der Waals surface area contributed by atoms with Crippen molar-refractivity contribution in [2.75, 3.05) is 12.3 Å². The van der Waals surface area contributed by atoms with E-state index in [2.05, 4.69) is 10.1 Å². The number of hydrogen-bond donors (Lipinski definition) is 2. The molecule has 2 rings (SSSR count). The lowest BCUT2D eigenvalue weighted by atomic mass is 10.2. The molecule has 0 saturated heterocycles. The van der Waals surface area contributed by atoms with Gasteiger partial charge in [-0.2, -0.15) is 4.98 Å². The van der Waals surface area contributed by atoms with Crippen molar-refractivity contribution in [2.24, 2.45) is 0 Å². The Balaban J connectivity index is 2.18. The van der Waals surface area contributed by atoms with Crippen LogP contribution in [0.4, 0.5) is 5.69 Å². The normalized spacial score (nSPS) is 10.6. The first-order valence-electron chi connectivity index (χ1n) is 5.09. The van der Waals surface area contributed by atoms with E-state index in [0.717, 1.165) is 5.56 Å². The Morgan fingerprint density at radius 1 is 1.38 bits per heavy atom. The van der Waals surface area contributed by atoms with Crippen LogP contribution in [0, 0.1) is 0 Å². The van der Waals surface area contributed by atoms with E-state index in [0.29, 0.717) is 30.2 Å². The molecule has 0 unspecified atom stereocenters. The smallest absolute Gasteiger partial charge is 0.227 e. The standard InChI is InChI=1S/C11H13N3O2/c12-9-4-1-3-8(7-9)11-13-10(16-14-11)5-2-6-15/h1,3-4,7,15H,2,5-6,12H2. The molecule has 0 fully saturated rings. The molecule has 0 bridgehead atoms. The van der Waals surface area contributed by atoms with Crippen LogP contribution in [-0.4, -0.2) is 21.9 Å². The van der Waals surface area contributed by atoms with E-state index >= 15 is 0 Å². The second-order valence-corrected chi connectivity index (χ2v) is 3.46. The molecule has 0 amide bonds. The van der Waals surface area contributed by atoms with E-state index in [-0.39, 0.29) is 6.61 Å². The number of aromatic nitrogens is 2. The van der Waals surface area contributed by atoms with Crippen LogP contribution in [0.1, 0.15) is 12.3 Å². The summed E-state index contributed by atoms with van der Waals surface area (Å²) in [5.74, 6) is 1.06. The zero-order valence-corrected chi connectivity index (χ0v) is 8.76. The van der Waals surface area contributed by atoms with Gasteiger partial charge in [0.15, 0.2) is 0 Å². The van der Waals surface area contributed by atoms with Crippen molar-refractivity contribution in [1.29, 1.82) is 0 Å². The van der Waals surface area contributed by atoms with Crippen molar-refractivity contribution >= 4 is 5.69 Å². The number of anilines is 1. The maximum absolute atomic E-state index is 8.68. The fourth-order valence-electron chi connectivity index (χ4n) is 1.38. The summed E-state index contributed by atoms with van der Waals surface area (Å²) in [5, 5.41) is 12.5. The number of nitrogens with zero attached hydrogens (tertiary/aromatic N) is 2. The fourth-order valence-corrected chi connectivity index (χ4v) is 1.38. The second-order valence-electron chi connectivity index (χ2n) is 3.46. The van der Waals surface area contributed by atoms with Gasteiger partial charge in [-0.1, -0.05) is 17.3 Å². The van der Waals surface area contributed by atoms with Gasteiger partial charge in [0.2, 0.25) is 11.7 Å². The van der Waals surface area contributed by atoms with E-state index in [4.69, 9.17) is 15.4 Å². The first kappa shape index (κ1) is 10.6. The monoisotopic (exact) mass is 219 g/mol. The van der Waals surface area contributed by atoms with Crippen molar-refractivity contribution in [2.45, 2.75) is 12.8 Å². The molecular formula is C11H13N3O2. The predicted molar refractivity (Wildman–Crippen MR) is 59.6 cm³/mol. The summed E-state index contributed by atoms with van der Waals surface area (Å²) >= 11 is 0. The number of aliphatic hydroxyl groups excluding tert-OH is 1. The van der Waals surface area contributed by atoms with Crippen LogP contribution < -0.4 is 5.73 Å². The molecule has 0 spiro atoms. The lowest BCUT2D eigenvalue weighted by Gasteiger charge is -1.95. The lowest BCUT2D eigenvalue weighted by Crippen LogP contribution is -1.90. The third-order valence-corrected chi connectivity index (χ3v) is 2.16. The molecule has 0 aliphatic heterocycles. The van der Waals surface area contributed by atoms with E-state index in [1.807, 2.05) is 12.1 Å². The van der Waals surface area contributed by atoms with Crippen LogP contribution in [0.25, 0.3) is 11.4 Å². The molecule has 0 aliphatic rings. The molecule has 5 heteroatoms. The highest BCUT2D eigenvalue weighted by molar-refractivity contribution is 5.60. The van der Waals surface area contributed by atoms with E-state index in [1.54, 1.807) is 12.1 Å². The van der Waals surface area contributed by atoms with Gasteiger partial charge in [0.1, 0.15) is 0 Å². The third-order valence-electron chi connectivity index (χ3n) is 2.16. The fraction of sp³-hybridized carbons (Fsp3) is 0.273. The summed E-state index contributed by atoms with van der Waals surface area (Å²) in [6, 6.07) is 7.31.